The van der Waals surface area contributed by atoms with Crippen LogP contribution in [0.25, 0.3) is 0 Å². The quantitative estimate of drug-likeness (QED) is 0.635. The Hall–Kier alpha value is -1.93. The highest BCUT2D eigenvalue weighted by Gasteiger charge is 2.13. The molecule has 0 saturated heterocycles. The maximum absolute atomic E-state index is 12.1. The van der Waals surface area contributed by atoms with Crippen LogP contribution in [-0.2, 0) is 16.4 Å². The maximum atomic E-state index is 12.1. The summed E-state index contributed by atoms with van der Waals surface area (Å²) in [5.41, 5.74) is 0. The van der Waals surface area contributed by atoms with E-state index in [0.29, 0.717) is 25.2 Å². The standard InChI is InChI=1S/C13H19N5O2S/c1-2-14-13-6-5-11(10-17-13)21(19,20)18-7-3-4-12-15-8-9-16-12/h5-6,8-10,18H,2-4,7H2,1H3,(H,14,17)(H,15,16). The number of anilines is 1. The van der Waals surface area contributed by atoms with Crippen molar-refractivity contribution in [1.29, 1.82) is 0 Å². The molecule has 0 aliphatic carbocycles. The van der Waals surface area contributed by atoms with Gasteiger partial charge in [0.2, 0.25) is 10.0 Å². The molecule has 0 saturated carbocycles. The third kappa shape index (κ3) is 4.54. The zero-order valence-electron chi connectivity index (χ0n) is 11.8. The predicted molar refractivity (Wildman–Crippen MR) is 80.5 cm³/mol. The smallest absolute Gasteiger partial charge is 0.242 e. The van der Waals surface area contributed by atoms with Crippen LogP contribution in [0.5, 0.6) is 0 Å². The zero-order valence-corrected chi connectivity index (χ0v) is 12.7. The fourth-order valence-electron chi connectivity index (χ4n) is 1.81. The monoisotopic (exact) mass is 309 g/mol. The third-order valence-electron chi connectivity index (χ3n) is 2.84. The van der Waals surface area contributed by atoms with Crippen LogP contribution in [0.1, 0.15) is 19.2 Å². The van der Waals surface area contributed by atoms with E-state index >= 15 is 0 Å². The van der Waals surface area contributed by atoms with Gasteiger partial charge in [0.15, 0.2) is 0 Å². The topological polar surface area (TPSA) is 99.8 Å². The minimum absolute atomic E-state index is 0.169. The van der Waals surface area contributed by atoms with Gasteiger partial charge in [0.05, 0.1) is 0 Å². The van der Waals surface area contributed by atoms with Crippen molar-refractivity contribution in [2.75, 3.05) is 18.4 Å². The fraction of sp³-hybridized carbons (Fsp3) is 0.385. The van der Waals surface area contributed by atoms with E-state index in [9.17, 15) is 8.42 Å². The highest BCUT2D eigenvalue weighted by atomic mass is 32.2. The Kier molecular flexibility index (Phi) is 5.29. The first-order valence-electron chi connectivity index (χ1n) is 6.79. The Morgan fingerprint density at radius 1 is 1.29 bits per heavy atom. The molecule has 2 heterocycles. The van der Waals surface area contributed by atoms with Crippen molar-refractivity contribution in [3.05, 3.63) is 36.5 Å². The minimum atomic E-state index is -3.50. The molecule has 3 N–H and O–H groups in total. The summed E-state index contributed by atoms with van der Waals surface area (Å²) in [4.78, 5) is 11.3. The summed E-state index contributed by atoms with van der Waals surface area (Å²) in [6.07, 6.45) is 6.16. The Labute approximate surface area is 124 Å². The van der Waals surface area contributed by atoms with Gasteiger partial charge in [-0.05, 0) is 25.5 Å². The van der Waals surface area contributed by atoms with Crippen LogP contribution in [0.15, 0.2) is 35.6 Å². The van der Waals surface area contributed by atoms with Crippen LogP contribution < -0.4 is 10.0 Å². The minimum Gasteiger partial charge on any atom is -0.370 e. The number of sulfonamides is 1. The van der Waals surface area contributed by atoms with Crippen molar-refractivity contribution in [2.24, 2.45) is 0 Å². The molecule has 0 aromatic carbocycles. The van der Waals surface area contributed by atoms with Gasteiger partial charge in [0.1, 0.15) is 16.5 Å². The Morgan fingerprint density at radius 3 is 2.76 bits per heavy atom. The van der Waals surface area contributed by atoms with E-state index in [1.807, 2.05) is 6.92 Å². The summed E-state index contributed by atoms with van der Waals surface area (Å²) in [5, 5.41) is 3.02. The number of rotatable bonds is 8. The average Bonchev–Trinajstić information content (AvgIpc) is 2.98. The number of aryl methyl sites for hydroxylation is 1. The fourth-order valence-corrected chi connectivity index (χ4v) is 2.82. The number of H-pyrrole nitrogens is 1. The van der Waals surface area contributed by atoms with Gasteiger partial charge in [0.25, 0.3) is 0 Å². The molecule has 0 radical (unpaired) electrons. The van der Waals surface area contributed by atoms with Crippen molar-refractivity contribution < 1.29 is 8.42 Å². The van der Waals surface area contributed by atoms with Crippen molar-refractivity contribution >= 4 is 15.8 Å². The van der Waals surface area contributed by atoms with Gasteiger partial charge < -0.3 is 10.3 Å². The molecule has 0 bridgehead atoms. The highest BCUT2D eigenvalue weighted by Crippen LogP contribution is 2.10. The van der Waals surface area contributed by atoms with E-state index in [2.05, 4.69) is 25.0 Å². The summed E-state index contributed by atoms with van der Waals surface area (Å²) in [5.74, 6) is 1.51. The summed E-state index contributed by atoms with van der Waals surface area (Å²) in [7, 11) is -3.50. The number of nitrogens with zero attached hydrogens (tertiary/aromatic N) is 2. The van der Waals surface area contributed by atoms with E-state index in [0.717, 1.165) is 12.4 Å². The second-order valence-corrected chi connectivity index (χ2v) is 6.21. The van der Waals surface area contributed by atoms with E-state index < -0.39 is 10.0 Å². The summed E-state index contributed by atoms with van der Waals surface area (Å²) in [6.45, 7) is 3.05. The van der Waals surface area contributed by atoms with Crippen LogP contribution in [0.4, 0.5) is 5.82 Å². The zero-order chi connectivity index (χ0) is 15.1. The first kappa shape index (κ1) is 15.5. The number of imidazole rings is 1. The van der Waals surface area contributed by atoms with Gasteiger partial charge in [-0.3, -0.25) is 0 Å². The number of nitrogens with one attached hydrogen (secondary N) is 3. The van der Waals surface area contributed by atoms with Crippen molar-refractivity contribution in [1.82, 2.24) is 19.7 Å². The summed E-state index contributed by atoms with van der Waals surface area (Å²) < 4.78 is 26.7. The molecule has 21 heavy (non-hydrogen) atoms. The molecule has 0 amide bonds. The predicted octanol–water partition coefficient (Wildman–Crippen LogP) is 1.15. The molecule has 114 valence electrons. The number of pyridine rings is 1. The number of hydrogen-bond acceptors (Lipinski definition) is 5. The first-order valence-corrected chi connectivity index (χ1v) is 8.28. The van der Waals surface area contributed by atoms with Gasteiger partial charge in [0, 0.05) is 38.1 Å². The molecule has 0 unspecified atom stereocenters. The van der Waals surface area contributed by atoms with Crippen molar-refractivity contribution in [2.45, 2.75) is 24.7 Å². The largest absolute Gasteiger partial charge is 0.370 e. The molecule has 0 atom stereocenters. The van der Waals surface area contributed by atoms with Gasteiger partial charge in [-0.15, -0.1) is 0 Å². The molecule has 2 aromatic heterocycles. The SMILES string of the molecule is CCNc1ccc(S(=O)(=O)NCCCc2ncc[nH]2)cn1. The van der Waals surface area contributed by atoms with Crippen LogP contribution in [-0.4, -0.2) is 36.5 Å². The lowest BCUT2D eigenvalue weighted by Crippen LogP contribution is -2.25. The molecule has 0 spiro atoms. The van der Waals surface area contributed by atoms with Crippen molar-refractivity contribution in [3.63, 3.8) is 0 Å². The van der Waals surface area contributed by atoms with Crippen LogP contribution in [0.2, 0.25) is 0 Å². The van der Waals surface area contributed by atoms with Gasteiger partial charge in [-0.1, -0.05) is 0 Å². The maximum Gasteiger partial charge on any atom is 0.242 e. The van der Waals surface area contributed by atoms with E-state index in [1.54, 1.807) is 24.5 Å². The van der Waals surface area contributed by atoms with E-state index in [-0.39, 0.29) is 4.90 Å². The Balaban J connectivity index is 1.85. The van der Waals surface area contributed by atoms with Crippen LogP contribution >= 0.6 is 0 Å². The molecule has 7 nitrogen and oxygen atoms in total. The lowest BCUT2D eigenvalue weighted by atomic mass is 10.3. The van der Waals surface area contributed by atoms with E-state index in [4.69, 9.17) is 0 Å². The molecule has 0 aliphatic rings. The van der Waals surface area contributed by atoms with E-state index in [1.165, 1.54) is 6.20 Å². The molecule has 8 heteroatoms. The molecule has 0 fully saturated rings. The molecule has 2 aromatic rings. The molecule has 0 aliphatic heterocycles. The number of aromatic nitrogens is 3. The van der Waals surface area contributed by atoms with Crippen LogP contribution in [0, 0.1) is 0 Å². The molecular formula is C13H19N5O2S. The van der Waals surface area contributed by atoms with Crippen molar-refractivity contribution in [3.8, 4) is 0 Å². The summed E-state index contributed by atoms with van der Waals surface area (Å²) in [6, 6.07) is 3.20. The van der Waals surface area contributed by atoms with Gasteiger partial charge >= 0.3 is 0 Å². The molecule has 2 rings (SSSR count). The second kappa shape index (κ2) is 7.19. The second-order valence-electron chi connectivity index (χ2n) is 4.45. The number of hydrogen-bond donors (Lipinski definition) is 3. The molecular weight excluding hydrogens is 290 g/mol. The first-order chi connectivity index (χ1) is 10.1. The Morgan fingerprint density at radius 2 is 2.14 bits per heavy atom. The third-order valence-corrected chi connectivity index (χ3v) is 4.29. The normalized spacial score (nSPS) is 11.5. The number of aromatic amines is 1. The highest BCUT2D eigenvalue weighted by molar-refractivity contribution is 7.89. The lowest BCUT2D eigenvalue weighted by molar-refractivity contribution is 0.578. The van der Waals surface area contributed by atoms with Gasteiger partial charge in [-0.25, -0.2) is 23.1 Å². The summed E-state index contributed by atoms with van der Waals surface area (Å²) >= 11 is 0. The lowest BCUT2D eigenvalue weighted by Gasteiger charge is -2.07. The Bertz CT molecular complexity index is 638. The van der Waals surface area contributed by atoms with Crippen LogP contribution in [0.3, 0.4) is 0 Å². The van der Waals surface area contributed by atoms with Gasteiger partial charge in [-0.2, -0.15) is 0 Å². The average molecular weight is 309 g/mol.